The van der Waals surface area contributed by atoms with Crippen LogP contribution in [-0.4, -0.2) is 39.3 Å². The van der Waals surface area contributed by atoms with Crippen molar-refractivity contribution in [3.05, 3.63) is 60.0 Å². The van der Waals surface area contributed by atoms with Gasteiger partial charge in [0.15, 0.2) is 6.19 Å². The molecule has 0 unspecified atom stereocenters. The van der Waals surface area contributed by atoms with E-state index in [1.165, 1.54) is 0 Å². The van der Waals surface area contributed by atoms with Gasteiger partial charge in [0.05, 0.1) is 11.6 Å². The predicted molar refractivity (Wildman–Crippen MR) is 98.4 cm³/mol. The van der Waals surface area contributed by atoms with Crippen molar-refractivity contribution in [2.24, 2.45) is 0 Å². The van der Waals surface area contributed by atoms with Crippen LogP contribution in [0.5, 0.6) is 0 Å². The SMILES string of the molecule is N#Cc1cccc(-c2ccc3nc(C(=O)N[C@@H]4CCN(C#N)C4)cn3c2)c1. The van der Waals surface area contributed by atoms with Crippen LogP contribution in [0.25, 0.3) is 16.8 Å². The van der Waals surface area contributed by atoms with Gasteiger partial charge in [0.25, 0.3) is 5.91 Å². The second kappa shape index (κ2) is 6.81. The van der Waals surface area contributed by atoms with Crippen LogP contribution in [-0.2, 0) is 0 Å². The number of carbonyl (C=O) groups is 1. The van der Waals surface area contributed by atoms with Crippen molar-refractivity contribution in [3.8, 4) is 23.4 Å². The van der Waals surface area contributed by atoms with Gasteiger partial charge < -0.3 is 14.6 Å². The molecule has 1 amide bonds. The topological polar surface area (TPSA) is 97.2 Å². The lowest BCUT2D eigenvalue weighted by Gasteiger charge is -2.10. The number of likely N-dealkylation sites (tertiary alicyclic amines) is 1. The summed E-state index contributed by atoms with van der Waals surface area (Å²) in [5.41, 5.74) is 3.47. The Morgan fingerprint density at radius 3 is 2.85 bits per heavy atom. The standard InChI is InChI=1S/C20H16N6O/c21-9-14-2-1-3-15(8-14)16-4-5-19-24-18(12-26(19)10-16)20(27)23-17-6-7-25(11-17)13-22/h1-5,8,10,12,17H,6-7,11H2,(H,23,27)/t17-/m1/s1. The highest BCUT2D eigenvalue weighted by atomic mass is 16.2. The molecular weight excluding hydrogens is 340 g/mol. The van der Waals surface area contributed by atoms with E-state index in [1.807, 2.05) is 36.5 Å². The van der Waals surface area contributed by atoms with E-state index in [-0.39, 0.29) is 11.9 Å². The van der Waals surface area contributed by atoms with E-state index in [9.17, 15) is 4.79 Å². The number of hydrogen-bond acceptors (Lipinski definition) is 5. The Morgan fingerprint density at radius 2 is 2.07 bits per heavy atom. The largest absolute Gasteiger partial charge is 0.346 e. The minimum absolute atomic E-state index is 0.0359. The molecule has 7 nitrogen and oxygen atoms in total. The second-order valence-electron chi connectivity index (χ2n) is 6.51. The van der Waals surface area contributed by atoms with E-state index < -0.39 is 0 Å². The molecule has 3 aromatic rings. The maximum atomic E-state index is 12.5. The second-order valence-corrected chi connectivity index (χ2v) is 6.51. The molecule has 2 aromatic heterocycles. The number of fused-ring (bicyclic) bond motifs is 1. The highest BCUT2D eigenvalue weighted by molar-refractivity contribution is 5.93. The van der Waals surface area contributed by atoms with Crippen molar-refractivity contribution < 1.29 is 4.79 Å². The number of rotatable bonds is 3. The zero-order valence-electron chi connectivity index (χ0n) is 14.5. The maximum absolute atomic E-state index is 12.5. The molecule has 27 heavy (non-hydrogen) atoms. The number of hydrogen-bond donors (Lipinski definition) is 1. The van der Waals surface area contributed by atoms with Gasteiger partial charge in [-0.3, -0.25) is 4.79 Å². The van der Waals surface area contributed by atoms with Crippen molar-refractivity contribution in [2.45, 2.75) is 12.5 Å². The first-order chi connectivity index (χ1) is 13.2. The average Bonchev–Trinajstić information content (AvgIpc) is 3.33. The number of nitriles is 2. The lowest BCUT2D eigenvalue weighted by molar-refractivity contribution is 0.0934. The number of pyridine rings is 1. The molecule has 0 radical (unpaired) electrons. The van der Waals surface area contributed by atoms with E-state index in [0.717, 1.165) is 17.5 Å². The molecule has 0 saturated carbocycles. The van der Waals surface area contributed by atoms with Gasteiger partial charge in [0, 0.05) is 31.5 Å². The summed E-state index contributed by atoms with van der Waals surface area (Å²) in [7, 11) is 0. The van der Waals surface area contributed by atoms with Gasteiger partial charge in [0.2, 0.25) is 0 Å². The van der Waals surface area contributed by atoms with Crippen molar-refractivity contribution in [3.63, 3.8) is 0 Å². The third-order valence-corrected chi connectivity index (χ3v) is 4.67. The van der Waals surface area contributed by atoms with Crippen molar-refractivity contribution in [2.75, 3.05) is 13.1 Å². The molecule has 0 bridgehead atoms. The van der Waals surface area contributed by atoms with Crippen LogP contribution >= 0.6 is 0 Å². The third kappa shape index (κ3) is 3.31. The van der Waals surface area contributed by atoms with Crippen LogP contribution in [0.2, 0.25) is 0 Å². The molecular formula is C20H16N6O. The molecule has 1 aromatic carbocycles. The van der Waals surface area contributed by atoms with Gasteiger partial charge in [-0.05, 0) is 41.8 Å². The van der Waals surface area contributed by atoms with Gasteiger partial charge in [-0.25, -0.2) is 4.98 Å². The first-order valence-corrected chi connectivity index (χ1v) is 8.61. The fraction of sp³-hybridized carbons (Fsp3) is 0.200. The Balaban J connectivity index is 1.57. The quantitative estimate of drug-likeness (QED) is 0.725. The first-order valence-electron chi connectivity index (χ1n) is 8.61. The molecule has 1 N–H and O–H groups in total. The predicted octanol–water partition coefficient (Wildman–Crippen LogP) is 2.16. The molecule has 7 heteroatoms. The molecule has 4 rings (SSSR count). The van der Waals surface area contributed by atoms with Crippen molar-refractivity contribution in [1.29, 1.82) is 10.5 Å². The van der Waals surface area contributed by atoms with E-state index in [0.29, 0.717) is 30.0 Å². The van der Waals surface area contributed by atoms with E-state index in [4.69, 9.17) is 10.5 Å². The van der Waals surface area contributed by atoms with Crippen LogP contribution in [0, 0.1) is 22.8 Å². The normalized spacial score (nSPS) is 16.1. The number of nitrogens with one attached hydrogen (secondary N) is 1. The van der Waals surface area contributed by atoms with E-state index >= 15 is 0 Å². The summed E-state index contributed by atoms with van der Waals surface area (Å²) in [5, 5.41) is 20.9. The van der Waals surface area contributed by atoms with Crippen molar-refractivity contribution >= 4 is 11.6 Å². The molecule has 1 aliphatic heterocycles. The molecule has 1 atom stereocenters. The zero-order chi connectivity index (χ0) is 18.8. The van der Waals surface area contributed by atoms with Gasteiger partial charge in [-0.15, -0.1) is 0 Å². The monoisotopic (exact) mass is 356 g/mol. The highest BCUT2D eigenvalue weighted by Gasteiger charge is 2.24. The lowest BCUT2D eigenvalue weighted by atomic mass is 10.1. The number of nitrogens with zero attached hydrogens (tertiary/aromatic N) is 5. The van der Waals surface area contributed by atoms with Crippen LogP contribution in [0.4, 0.5) is 0 Å². The average molecular weight is 356 g/mol. The molecule has 1 aliphatic rings. The fourth-order valence-corrected chi connectivity index (χ4v) is 3.27. The number of imidazole rings is 1. The Hall–Kier alpha value is -3.84. The minimum atomic E-state index is -0.239. The third-order valence-electron chi connectivity index (χ3n) is 4.67. The lowest BCUT2D eigenvalue weighted by Crippen LogP contribution is -2.36. The molecule has 1 saturated heterocycles. The number of aromatic nitrogens is 2. The minimum Gasteiger partial charge on any atom is -0.346 e. The molecule has 3 heterocycles. The Bertz CT molecular complexity index is 1100. The Labute approximate surface area is 156 Å². The fourth-order valence-electron chi connectivity index (χ4n) is 3.27. The number of benzene rings is 1. The summed E-state index contributed by atoms with van der Waals surface area (Å²) in [6, 6.07) is 13.2. The molecule has 132 valence electrons. The zero-order valence-corrected chi connectivity index (χ0v) is 14.5. The van der Waals surface area contributed by atoms with Gasteiger partial charge in [0.1, 0.15) is 11.3 Å². The summed E-state index contributed by atoms with van der Waals surface area (Å²) >= 11 is 0. The molecule has 0 spiro atoms. The van der Waals surface area contributed by atoms with Crippen LogP contribution in [0.3, 0.4) is 0 Å². The van der Waals surface area contributed by atoms with Gasteiger partial charge in [-0.2, -0.15) is 10.5 Å². The number of carbonyl (C=O) groups excluding carboxylic acids is 1. The summed E-state index contributed by atoms with van der Waals surface area (Å²) in [6.07, 6.45) is 6.44. The summed E-state index contributed by atoms with van der Waals surface area (Å²) in [5.74, 6) is -0.239. The van der Waals surface area contributed by atoms with Gasteiger partial charge >= 0.3 is 0 Å². The Morgan fingerprint density at radius 1 is 1.19 bits per heavy atom. The van der Waals surface area contributed by atoms with Gasteiger partial charge in [-0.1, -0.05) is 12.1 Å². The smallest absolute Gasteiger partial charge is 0.271 e. The van der Waals surface area contributed by atoms with E-state index in [1.54, 1.807) is 21.6 Å². The van der Waals surface area contributed by atoms with Crippen LogP contribution in [0.1, 0.15) is 22.5 Å². The van der Waals surface area contributed by atoms with Crippen LogP contribution < -0.4 is 5.32 Å². The Kier molecular flexibility index (Phi) is 4.19. The summed E-state index contributed by atoms with van der Waals surface area (Å²) in [6.45, 7) is 1.20. The maximum Gasteiger partial charge on any atom is 0.271 e. The van der Waals surface area contributed by atoms with Crippen LogP contribution in [0.15, 0.2) is 48.8 Å². The highest BCUT2D eigenvalue weighted by Crippen LogP contribution is 2.21. The summed E-state index contributed by atoms with van der Waals surface area (Å²) in [4.78, 5) is 18.5. The molecule has 1 fully saturated rings. The number of amides is 1. The summed E-state index contributed by atoms with van der Waals surface area (Å²) < 4.78 is 1.81. The first kappa shape index (κ1) is 16.6. The molecule has 0 aliphatic carbocycles. The van der Waals surface area contributed by atoms with E-state index in [2.05, 4.69) is 22.6 Å². The van der Waals surface area contributed by atoms with Crippen molar-refractivity contribution in [1.82, 2.24) is 19.6 Å².